The quantitative estimate of drug-likeness (QED) is 0.669. The number of hydrogen-bond donors (Lipinski definition) is 2. The van der Waals surface area contributed by atoms with E-state index in [1.54, 1.807) is 0 Å². The van der Waals surface area contributed by atoms with Gasteiger partial charge >= 0.3 is 5.97 Å². The maximum Gasteiger partial charge on any atom is 0.326 e. The fourth-order valence-electron chi connectivity index (χ4n) is 2.37. The summed E-state index contributed by atoms with van der Waals surface area (Å²) in [6, 6.07) is -0.828. The number of carbonyl (C=O) groups excluding carboxylic acids is 2. The van der Waals surface area contributed by atoms with Gasteiger partial charge in [0, 0.05) is 13.1 Å². The van der Waals surface area contributed by atoms with Crippen LogP contribution in [0.1, 0.15) is 45.4 Å². The standard InChI is InChI=1S/C15H26N2O4S/c1-2-3-7-12(15(20)21)16-13(18)10-22-11-14(19)17-8-5-4-6-9-17/h12H,2-11H2,1H3,(H,16,18)(H,20,21)/t12-/m0/s1. The number of nitrogens with zero attached hydrogens (tertiary/aromatic N) is 1. The van der Waals surface area contributed by atoms with Gasteiger partial charge in [0.25, 0.3) is 0 Å². The molecule has 0 aromatic rings. The van der Waals surface area contributed by atoms with E-state index in [-0.39, 0.29) is 23.3 Å². The Kier molecular flexibility index (Phi) is 8.96. The van der Waals surface area contributed by atoms with E-state index in [1.165, 1.54) is 18.2 Å². The van der Waals surface area contributed by atoms with Crippen molar-refractivity contribution >= 4 is 29.5 Å². The molecule has 7 heteroatoms. The summed E-state index contributed by atoms with van der Waals surface area (Å²) in [4.78, 5) is 36.6. The van der Waals surface area contributed by atoms with Gasteiger partial charge in [-0.05, 0) is 25.7 Å². The molecule has 2 N–H and O–H groups in total. The molecule has 126 valence electrons. The number of unbranched alkanes of at least 4 members (excludes halogenated alkanes) is 1. The topological polar surface area (TPSA) is 86.7 Å². The van der Waals surface area contributed by atoms with E-state index >= 15 is 0 Å². The van der Waals surface area contributed by atoms with Gasteiger partial charge in [-0.15, -0.1) is 11.8 Å². The molecule has 0 aliphatic carbocycles. The Morgan fingerprint density at radius 2 is 1.86 bits per heavy atom. The lowest BCUT2D eigenvalue weighted by molar-refractivity contribution is -0.141. The molecule has 0 aromatic carbocycles. The first-order valence-electron chi connectivity index (χ1n) is 7.92. The number of aliphatic carboxylic acids is 1. The summed E-state index contributed by atoms with van der Waals surface area (Å²) >= 11 is 1.24. The number of nitrogens with one attached hydrogen (secondary N) is 1. The van der Waals surface area contributed by atoms with E-state index in [0.29, 0.717) is 6.42 Å². The van der Waals surface area contributed by atoms with Crippen molar-refractivity contribution in [1.29, 1.82) is 0 Å². The van der Waals surface area contributed by atoms with Gasteiger partial charge < -0.3 is 15.3 Å². The molecule has 0 aromatic heterocycles. The summed E-state index contributed by atoms with van der Waals surface area (Å²) in [7, 11) is 0. The highest BCUT2D eigenvalue weighted by atomic mass is 32.2. The van der Waals surface area contributed by atoms with Crippen molar-refractivity contribution in [3.05, 3.63) is 0 Å². The lowest BCUT2D eigenvalue weighted by Crippen LogP contribution is -2.42. The number of piperidine rings is 1. The van der Waals surface area contributed by atoms with Crippen LogP contribution in [-0.4, -0.2) is 58.4 Å². The van der Waals surface area contributed by atoms with Crippen molar-refractivity contribution in [3.8, 4) is 0 Å². The van der Waals surface area contributed by atoms with Crippen LogP contribution in [0.25, 0.3) is 0 Å². The van der Waals surface area contributed by atoms with Crippen molar-refractivity contribution in [2.45, 2.75) is 51.5 Å². The van der Waals surface area contributed by atoms with Gasteiger partial charge in [-0.1, -0.05) is 19.8 Å². The van der Waals surface area contributed by atoms with Crippen LogP contribution in [0.3, 0.4) is 0 Å². The van der Waals surface area contributed by atoms with E-state index in [4.69, 9.17) is 5.11 Å². The van der Waals surface area contributed by atoms with Crippen LogP contribution in [0.15, 0.2) is 0 Å². The molecule has 0 unspecified atom stereocenters. The summed E-state index contributed by atoms with van der Waals surface area (Å²) in [5.41, 5.74) is 0. The molecule has 0 radical (unpaired) electrons. The highest BCUT2D eigenvalue weighted by Gasteiger charge is 2.20. The molecule has 2 amide bonds. The minimum absolute atomic E-state index is 0.0678. The maximum absolute atomic E-state index is 11.9. The zero-order valence-corrected chi connectivity index (χ0v) is 14.0. The molecule has 1 saturated heterocycles. The smallest absolute Gasteiger partial charge is 0.326 e. The van der Waals surface area contributed by atoms with Crippen LogP contribution in [0, 0.1) is 0 Å². The molecule has 1 fully saturated rings. The molecule has 1 heterocycles. The predicted molar refractivity (Wildman–Crippen MR) is 86.8 cm³/mol. The minimum Gasteiger partial charge on any atom is -0.480 e. The third-order valence-corrected chi connectivity index (χ3v) is 4.56. The van der Waals surface area contributed by atoms with Crippen LogP contribution in [-0.2, 0) is 14.4 Å². The average molecular weight is 330 g/mol. The SMILES string of the molecule is CCCC[C@H](NC(=O)CSCC(=O)N1CCCCC1)C(=O)O. The molecular formula is C15H26N2O4S. The summed E-state index contributed by atoms with van der Waals surface area (Å²) < 4.78 is 0. The van der Waals surface area contributed by atoms with Crippen LogP contribution in [0.4, 0.5) is 0 Å². The molecule has 1 atom stereocenters. The number of carboxylic acid groups (broad SMARTS) is 1. The fraction of sp³-hybridized carbons (Fsp3) is 0.800. The third-order valence-electron chi connectivity index (χ3n) is 3.65. The van der Waals surface area contributed by atoms with Crippen LogP contribution in [0.5, 0.6) is 0 Å². The molecule has 1 aliphatic heterocycles. The summed E-state index contributed by atoms with van der Waals surface area (Å²) in [5, 5.41) is 11.6. The monoisotopic (exact) mass is 330 g/mol. The molecule has 22 heavy (non-hydrogen) atoms. The van der Waals surface area contributed by atoms with E-state index in [9.17, 15) is 14.4 Å². The van der Waals surface area contributed by atoms with Crippen LogP contribution >= 0.6 is 11.8 Å². The number of carbonyl (C=O) groups is 3. The Balaban J connectivity index is 2.23. The van der Waals surface area contributed by atoms with Gasteiger partial charge in [-0.2, -0.15) is 0 Å². The first kappa shape index (κ1) is 18.8. The molecule has 1 rings (SSSR count). The van der Waals surface area contributed by atoms with Crippen molar-refractivity contribution < 1.29 is 19.5 Å². The Labute approximate surface area is 136 Å². The van der Waals surface area contributed by atoms with Crippen LogP contribution < -0.4 is 5.32 Å². The van der Waals surface area contributed by atoms with Gasteiger partial charge in [-0.25, -0.2) is 4.79 Å². The van der Waals surface area contributed by atoms with E-state index in [2.05, 4.69) is 5.32 Å². The number of carboxylic acids is 1. The third kappa shape index (κ3) is 7.15. The van der Waals surface area contributed by atoms with E-state index in [1.807, 2.05) is 11.8 Å². The second-order valence-corrected chi connectivity index (χ2v) is 6.52. The lowest BCUT2D eigenvalue weighted by Gasteiger charge is -2.26. The maximum atomic E-state index is 11.9. The van der Waals surface area contributed by atoms with Crippen molar-refractivity contribution in [2.75, 3.05) is 24.6 Å². The normalized spacial score (nSPS) is 16.1. The van der Waals surface area contributed by atoms with Gasteiger partial charge in [-0.3, -0.25) is 9.59 Å². The van der Waals surface area contributed by atoms with Crippen molar-refractivity contribution in [3.63, 3.8) is 0 Å². The highest BCUT2D eigenvalue weighted by molar-refractivity contribution is 8.00. The summed E-state index contributed by atoms with van der Waals surface area (Å²) in [5.74, 6) is -0.857. The fourth-order valence-corrected chi connectivity index (χ4v) is 3.10. The Morgan fingerprint density at radius 3 is 2.45 bits per heavy atom. The first-order valence-corrected chi connectivity index (χ1v) is 9.07. The number of rotatable bonds is 9. The Bertz CT molecular complexity index is 384. The van der Waals surface area contributed by atoms with E-state index in [0.717, 1.165) is 38.8 Å². The number of amides is 2. The average Bonchev–Trinajstić information content (AvgIpc) is 2.51. The molecule has 0 bridgehead atoms. The second-order valence-electron chi connectivity index (χ2n) is 5.53. The van der Waals surface area contributed by atoms with Crippen molar-refractivity contribution in [2.24, 2.45) is 0 Å². The van der Waals surface area contributed by atoms with E-state index < -0.39 is 12.0 Å². The predicted octanol–water partition coefficient (Wildman–Crippen LogP) is 1.49. The van der Waals surface area contributed by atoms with Crippen LogP contribution in [0.2, 0.25) is 0 Å². The zero-order chi connectivity index (χ0) is 16.4. The lowest BCUT2D eigenvalue weighted by atomic mass is 10.1. The highest BCUT2D eigenvalue weighted by Crippen LogP contribution is 2.11. The molecule has 0 spiro atoms. The first-order chi connectivity index (χ1) is 10.5. The number of hydrogen-bond acceptors (Lipinski definition) is 4. The summed E-state index contributed by atoms with van der Waals surface area (Å²) in [6.45, 7) is 3.59. The van der Waals surface area contributed by atoms with Gasteiger partial charge in [0.15, 0.2) is 0 Å². The van der Waals surface area contributed by atoms with Crippen molar-refractivity contribution in [1.82, 2.24) is 10.2 Å². The second kappa shape index (κ2) is 10.5. The van der Waals surface area contributed by atoms with Gasteiger partial charge in [0.05, 0.1) is 11.5 Å². The number of thioether (sulfide) groups is 1. The number of likely N-dealkylation sites (tertiary alicyclic amines) is 1. The largest absolute Gasteiger partial charge is 0.480 e. The molecular weight excluding hydrogens is 304 g/mol. The molecule has 1 aliphatic rings. The summed E-state index contributed by atoms with van der Waals surface area (Å²) in [6.07, 6.45) is 5.36. The minimum atomic E-state index is -1.00. The Hall–Kier alpha value is -1.24. The Morgan fingerprint density at radius 1 is 1.18 bits per heavy atom. The molecule has 6 nitrogen and oxygen atoms in total. The molecule has 0 saturated carbocycles. The van der Waals surface area contributed by atoms with Gasteiger partial charge in [0.1, 0.15) is 6.04 Å². The zero-order valence-electron chi connectivity index (χ0n) is 13.2. The van der Waals surface area contributed by atoms with Gasteiger partial charge in [0.2, 0.25) is 11.8 Å².